The number of hydrogen-bond acceptors (Lipinski definition) is 3. The van der Waals surface area contributed by atoms with Gasteiger partial charge < -0.3 is 4.74 Å². The minimum absolute atomic E-state index is 0.0105. The van der Waals surface area contributed by atoms with E-state index in [0.29, 0.717) is 17.7 Å². The number of ether oxygens (including phenoxy) is 1. The van der Waals surface area contributed by atoms with Crippen LogP contribution in [0.1, 0.15) is 28.4 Å². The lowest BCUT2D eigenvalue weighted by Gasteiger charge is -2.06. The van der Waals surface area contributed by atoms with E-state index in [-0.39, 0.29) is 5.78 Å². The number of benzene rings is 1. The van der Waals surface area contributed by atoms with E-state index in [1.54, 1.807) is 24.5 Å². The van der Waals surface area contributed by atoms with Gasteiger partial charge in [0.05, 0.1) is 6.61 Å². The molecular formula is C15H15NO2. The molecule has 0 amide bonds. The van der Waals surface area contributed by atoms with E-state index in [4.69, 9.17) is 4.74 Å². The van der Waals surface area contributed by atoms with Gasteiger partial charge in [-0.2, -0.15) is 0 Å². The van der Waals surface area contributed by atoms with Crippen molar-refractivity contribution in [2.45, 2.75) is 13.8 Å². The highest BCUT2D eigenvalue weighted by Crippen LogP contribution is 2.16. The van der Waals surface area contributed by atoms with Crippen molar-refractivity contribution in [3.05, 3.63) is 59.4 Å². The first-order chi connectivity index (χ1) is 8.72. The van der Waals surface area contributed by atoms with E-state index in [2.05, 4.69) is 4.98 Å². The first-order valence-corrected chi connectivity index (χ1v) is 5.90. The molecule has 0 bridgehead atoms. The summed E-state index contributed by atoms with van der Waals surface area (Å²) in [6, 6.07) is 9.01. The summed E-state index contributed by atoms with van der Waals surface area (Å²) in [6.07, 6.45) is 3.29. The third-order valence-corrected chi connectivity index (χ3v) is 2.71. The molecule has 0 radical (unpaired) electrons. The summed E-state index contributed by atoms with van der Waals surface area (Å²) in [6.45, 7) is 4.45. The van der Waals surface area contributed by atoms with Crippen LogP contribution in [-0.2, 0) is 0 Å². The number of hydrogen-bond donors (Lipinski definition) is 0. The molecule has 0 atom stereocenters. The van der Waals surface area contributed by atoms with Gasteiger partial charge in [-0.3, -0.25) is 9.78 Å². The predicted octanol–water partition coefficient (Wildman–Crippen LogP) is 3.02. The molecule has 0 saturated heterocycles. The van der Waals surface area contributed by atoms with Crippen molar-refractivity contribution < 1.29 is 9.53 Å². The molecule has 0 saturated carbocycles. The van der Waals surface area contributed by atoms with Crippen molar-refractivity contribution in [3.8, 4) is 5.75 Å². The van der Waals surface area contributed by atoms with Gasteiger partial charge in [0.1, 0.15) is 5.75 Å². The summed E-state index contributed by atoms with van der Waals surface area (Å²) in [5.74, 6) is 0.764. The zero-order valence-electron chi connectivity index (χ0n) is 10.5. The van der Waals surface area contributed by atoms with E-state index >= 15 is 0 Å². The normalized spacial score (nSPS) is 10.1. The average molecular weight is 241 g/mol. The van der Waals surface area contributed by atoms with Gasteiger partial charge in [-0.15, -0.1) is 0 Å². The Labute approximate surface area is 106 Å². The number of nitrogens with zero attached hydrogens (tertiary/aromatic N) is 1. The monoisotopic (exact) mass is 241 g/mol. The summed E-state index contributed by atoms with van der Waals surface area (Å²) in [5, 5.41) is 0. The molecule has 0 aliphatic rings. The van der Waals surface area contributed by atoms with Gasteiger partial charge in [0, 0.05) is 23.5 Å². The number of ketones is 1. The first kappa shape index (κ1) is 12.3. The molecule has 0 unspecified atom stereocenters. The summed E-state index contributed by atoms with van der Waals surface area (Å²) < 4.78 is 5.35. The largest absolute Gasteiger partial charge is 0.494 e. The molecule has 0 spiro atoms. The molecule has 1 aromatic carbocycles. The number of aromatic nitrogens is 1. The summed E-state index contributed by atoms with van der Waals surface area (Å²) >= 11 is 0. The van der Waals surface area contributed by atoms with Gasteiger partial charge in [0.2, 0.25) is 0 Å². The molecule has 0 fully saturated rings. The second-order valence-electron chi connectivity index (χ2n) is 3.98. The van der Waals surface area contributed by atoms with E-state index < -0.39 is 0 Å². The van der Waals surface area contributed by atoms with E-state index in [9.17, 15) is 4.79 Å². The summed E-state index contributed by atoms with van der Waals surface area (Å²) in [7, 11) is 0. The number of pyridine rings is 1. The molecule has 2 rings (SSSR count). The van der Waals surface area contributed by atoms with Crippen molar-refractivity contribution in [1.29, 1.82) is 0 Å². The van der Waals surface area contributed by atoms with Crippen molar-refractivity contribution >= 4 is 5.78 Å². The van der Waals surface area contributed by atoms with E-state index in [0.717, 1.165) is 11.3 Å². The zero-order valence-corrected chi connectivity index (χ0v) is 10.5. The second kappa shape index (κ2) is 5.45. The van der Waals surface area contributed by atoms with Crippen molar-refractivity contribution in [2.24, 2.45) is 0 Å². The molecule has 3 nitrogen and oxygen atoms in total. The Morgan fingerprint density at radius 2 is 1.94 bits per heavy atom. The molecule has 0 N–H and O–H groups in total. The van der Waals surface area contributed by atoms with Crippen LogP contribution >= 0.6 is 0 Å². The molecule has 3 heteroatoms. The molecule has 1 heterocycles. The van der Waals surface area contributed by atoms with Gasteiger partial charge in [0.15, 0.2) is 5.78 Å². The lowest BCUT2D eigenvalue weighted by Crippen LogP contribution is -2.04. The van der Waals surface area contributed by atoms with Crippen LogP contribution in [0.2, 0.25) is 0 Å². The molecule has 92 valence electrons. The maximum Gasteiger partial charge on any atom is 0.194 e. The van der Waals surface area contributed by atoms with Crippen molar-refractivity contribution in [1.82, 2.24) is 4.98 Å². The lowest BCUT2D eigenvalue weighted by atomic mass is 10.0. The van der Waals surface area contributed by atoms with Crippen LogP contribution < -0.4 is 4.74 Å². The fraction of sp³-hybridized carbons (Fsp3) is 0.200. The van der Waals surface area contributed by atoms with Crippen LogP contribution in [0, 0.1) is 6.92 Å². The molecule has 2 aromatic rings. The van der Waals surface area contributed by atoms with Crippen LogP contribution in [-0.4, -0.2) is 17.4 Å². The Morgan fingerprint density at radius 3 is 2.56 bits per heavy atom. The number of rotatable bonds is 4. The SMILES string of the molecule is CCOc1ccc(C(=O)c2cnccc2C)cc1. The maximum absolute atomic E-state index is 12.3. The minimum atomic E-state index is -0.0105. The standard InChI is InChI=1S/C15H15NO2/c1-3-18-13-6-4-12(5-7-13)15(17)14-10-16-9-8-11(14)2/h4-10H,3H2,1-2H3. The fourth-order valence-corrected chi connectivity index (χ4v) is 1.73. The van der Waals surface area contributed by atoms with Crippen LogP contribution in [0.5, 0.6) is 5.75 Å². The average Bonchev–Trinajstić information content (AvgIpc) is 2.40. The molecule has 0 aliphatic carbocycles. The summed E-state index contributed by atoms with van der Waals surface area (Å²) in [5.41, 5.74) is 2.22. The van der Waals surface area contributed by atoms with Crippen LogP contribution in [0.3, 0.4) is 0 Å². The fourth-order valence-electron chi connectivity index (χ4n) is 1.73. The van der Waals surface area contributed by atoms with Gasteiger partial charge in [-0.1, -0.05) is 0 Å². The molecule has 18 heavy (non-hydrogen) atoms. The Kier molecular flexibility index (Phi) is 3.72. The van der Waals surface area contributed by atoms with Gasteiger partial charge in [0.25, 0.3) is 0 Å². The molecular weight excluding hydrogens is 226 g/mol. The highest BCUT2D eigenvalue weighted by Gasteiger charge is 2.11. The van der Waals surface area contributed by atoms with Crippen LogP contribution in [0.15, 0.2) is 42.7 Å². The molecule has 1 aromatic heterocycles. The number of aryl methyl sites for hydroxylation is 1. The van der Waals surface area contributed by atoms with Crippen molar-refractivity contribution in [3.63, 3.8) is 0 Å². The Balaban J connectivity index is 2.27. The Bertz CT molecular complexity index is 547. The van der Waals surface area contributed by atoms with E-state index in [1.807, 2.05) is 32.0 Å². The van der Waals surface area contributed by atoms with Gasteiger partial charge in [-0.05, 0) is 49.7 Å². The molecule has 0 aliphatic heterocycles. The summed E-state index contributed by atoms with van der Waals surface area (Å²) in [4.78, 5) is 16.2. The Morgan fingerprint density at radius 1 is 1.22 bits per heavy atom. The van der Waals surface area contributed by atoms with Gasteiger partial charge >= 0.3 is 0 Å². The third kappa shape index (κ3) is 2.56. The van der Waals surface area contributed by atoms with Crippen molar-refractivity contribution in [2.75, 3.05) is 6.61 Å². The smallest absolute Gasteiger partial charge is 0.194 e. The quantitative estimate of drug-likeness (QED) is 0.772. The minimum Gasteiger partial charge on any atom is -0.494 e. The third-order valence-electron chi connectivity index (χ3n) is 2.71. The highest BCUT2D eigenvalue weighted by molar-refractivity contribution is 6.09. The number of carbonyl (C=O) groups excluding carboxylic acids is 1. The maximum atomic E-state index is 12.3. The lowest BCUT2D eigenvalue weighted by molar-refractivity contribution is 0.103. The Hall–Kier alpha value is -2.16. The predicted molar refractivity (Wildman–Crippen MR) is 70.0 cm³/mol. The van der Waals surface area contributed by atoms with Crippen LogP contribution in [0.4, 0.5) is 0 Å². The zero-order chi connectivity index (χ0) is 13.0. The van der Waals surface area contributed by atoms with E-state index in [1.165, 1.54) is 0 Å². The number of carbonyl (C=O) groups is 1. The topological polar surface area (TPSA) is 39.2 Å². The second-order valence-corrected chi connectivity index (χ2v) is 3.98. The van der Waals surface area contributed by atoms with Gasteiger partial charge in [-0.25, -0.2) is 0 Å². The highest BCUT2D eigenvalue weighted by atomic mass is 16.5. The first-order valence-electron chi connectivity index (χ1n) is 5.90. The van der Waals surface area contributed by atoms with Crippen LogP contribution in [0.25, 0.3) is 0 Å².